The maximum atomic E-state index is 11.9. The van der Waals surface area contributed by atoms with Crippen molar-refractivity contribution in [2.75, 3.05) is 12.4 Å². The van der Waals surface area contributed by atoms with Gasteiger partial charge in [0, 0.05) is 5.38 Å². The summed E-state index contributed by atoms with van der Waals surface area (Å²) >= 11 is 1.31. The number of rotatable bonds is 7. The zero-order valence-corrected chi connectivity index (χ0v) is 18.1. The molecule has 6 nitrogen and oxygen atoms in total. The van der Waals surface area contributed by atoms with E-state index in [9.17, 15) is 10.0 Å². The van der Waals surface area contributed by atoms with Gasteiger partial charge in [0.1, 0.15) is 11.2 Å². The number of hydrogen-bond donors (Lipinski definition) is 2. The van der Waals surface area contributed by atoms with Crippen molar-refractivity contribution in [1.29, 1.82) is 0 Å². The molecule has 0 bridgehead atoms. The van der Waals surface area contributed by atoms with Crippen LogP contribution < -0.4 is 5.32 Å². The van der Waals surface area contributed by atoms with Crippen LogP contribution in [0.2, 0.25) is 0 Å². The SMILES string of the molecule is COC(=O)/C(=N\O)c1csc(NC(c2ccccc2)(c2ccccc2)c2ccccc2)n1. The second-order valence-corrected chi connectivity index (χ2v) is 7.81. The maximum absolute atomic E-state index is 11.9. The molecule has 0 unspecified atom stereocenters. The minimum Gasteiger partial charge on any atom is -0.464 e. The molecule has 32 heavy (non-hydrogen) atoms. The van der Waals surface area contributed by atoms with Crippen molar-refractivity contribution in [3.63, 3.8) is 0 Å². The molecule has 7 heteroatoms. The van der Waals surface area contributed by atoms with Crippen molar-refractivity contribution < 1.29 is 14.7 Å². The summed E-state index contributed by atoms with van der Waals surface area (Å²) < 4.78 is 4.69. The first kappa shape index (κ1) is 21.3. The number of oxime groups is 1. The fourth-order valence-electron chi connectivity index (χ4n) is 3.67. The Balaban J connectivity index is 1.89. The van der Waals surface area contributed by atoms with E-state index in [0.717, 1.165) is 16.7 Å². The third kappa shape index (κ3) is 3.98. The minimum absolute atomic E-state index is 0.231. The third-order valence-electron chi connectivity index (χ3n) is 5.14. The average Bonchev–Trinajstić information content (AvgIpc) is 3.32. The molecule has 0 saturated carbocycles. The highest BCUT2D eigenvalue weighted by molar-refractivity contribution is 7.14. The molecule has 0 radical (unpaired) electrons. The van der Waals surface area contributed by atoms with Gasteiger partial charge >= 0.3 is 5.97 Å². The number of carbonyl (C=O) groups is 1. The molecule has 0 aliphatic heterocycles. The molecule has 4 aromatic rings. The van der Waals surface area contributed by atoms with Gasteiger partial charge in [-0.05, 0) is 16.7 Å². The number of anilines is 1. The molecule has 160 valence electrons. The van der Waals surface area contributed by atoms with E-state index in [2.05, 4.69) is 51.9 Å². The highest BCUT2D eigenvalue weighted by atomic mass is 32.1. The van der Waals surface area contributed by atoms with Gasteiger partial charge in [0.25, 0.3) is 0 Å². The summed E-state index contributed by atoms with van der Waals surface area (Å²) in [7, 11) is 1.23. The van der Waals surface area contributed by atoms with Crippen LogP contribution in [0.1, 0.15) is 22.4 Å². The maximum Gasteiger partial charge on any atom is 0.362 e. The first-order chi connectivity index (χ1) is 15.7. The van der Waals surface area contributed by atoms with Gasteiger partial charge in [-0.1, -0.05) is 96.2 Å². The lowest BCUT2D eigenvalue weighted by Gasteiger charge is -2.36. The number of aromatic nitrogens is 1. The largest absolute Gasteiger partial charge is 0.464 e. The lowest BCUT2D eigenvalue weighted by molar-refractivity contribution is -0.132. The van der Waals surface area contributed by atoms with E-state index < -0.39 is 11.5 Å². The molecule has 0 amide bonds. The van der Waals surface area contributed by atoms with Crippen LogP contribution in [-0.4, -0.2) is 29.0 Å². The molecule has 3 aromatic carbocycles. The standard InChI is InChI=1S/C25H21N3O3S/c1-31-23(29)22(28-30)21-17-32-24(26-21)27-25(18-11-5-2-6-12-18,19-13-7-3-8-14-19)20-15-9-4-10-16-20/h2-17,30H,1H3,(H,26,27)/b28-22-. The number of benzene rings is 3. The van der Waals surface area contributed by atoms with Crippen LogP contribution in [-0.2, 0) is 15.1 Å². The minimum atomic E-state index is -0.759. The smallest absolute Gasteiger partial charge is 0.362 e. The first-order valence-corrected chi connectivity index (χ1v) is 10.8. The van der Waals surface area contributed by atoms with Crippen LogP contribution >= 0.6 is 11.3 Å². The Morgan fingerprint density at radius 2 is 1.38 bits per heavy atom. The van der Waals surface area contributed by atoms with E-state index in [1.807, 2.05) is 54.6 Å². The number of hydrogen-bond acceptors (Lipinski definition) is 7. The van der Waals surface area contributed by atoms with E-state index in [1.54, 1.807) is 5.38 Å². The normalized spacial score (nSPS) is 11.7. The Morgan fingerprint density at radius 1 is 0.906 bits per heavy atom. The van der Waals surface area contributed by atoms with Crippen LogP contribution in [0.4, 0.5) is 5.13 Å². The van der Waals surface area contributed by atoms with Gasteiger partial charge in [-0.15, -0.1) is 11.3 Å². The summed E-state index contributed by atoms with van der Waals surface area (Å²) in [4.78, 5) is 16.5. The zero-order valence-electron chi connectivity index (χ0n) is 17.3. The van der Waals surface area contributed by atoms with Crippen LogP contribution in [0.25, 0.3) is 0 Å². The van der Waals surface area contributed by atoms with E-state index in [-0.39, 0.29) is 11.4 Å². The molecular formula is C25H21N3O3S. The van der Waals surface area contributed by atoms with Gasteiger partial charge < -0.3 is 15.3 Å². The molecule has 1 aromatic heterocycles. The Kier molecular flexibility index (Phi) is 6.28. The molecular weight excluding hydrogens is 422 g/mol. The molecule has 4 rings (SSSR count). The number of nitrogens with zero attached hydrogens (tertiary/aromatic N) is 2. The van der Waals surface area contributed by atoms with Crippen LogP contribution in [0.3, 0.4) is 0 Å². The predicted molar refractivity (Wildman–Crippen MR) is 125 cm³/mol. The lowest BCUT2D eigenvalue weighted by Crippen LogP contribution is -2.38. The molecule has 0 aliphatic rings. The Hall–Kier alpha value is -3.97. The van der Waals surface area contributed by atoms with Crippen molar-refractivity contribution in [1.82, 2.24) is 4.98 Å². The van der Waals surface area contributed by atoms with E-state index in [1.165, 1.54) is 18.4 Å². The Labute approximate surface area is 189 Å². The molecule has 1 heterocycles. The first-order valence-electron chi connectivity index (χ1n) is 9.90. The van der Waals surface area contributed by atoms with Gasteiger partial charge in [-0.2, -0.15) is 0 Å². The van der Waals surface area contributed by atoms with Crippen molar-refractivity contribution in [2.45, 2.75) is 5.54 Å². The second kappa shape index (κ2) is 9.45. The van der Waals surface area contributed by atoms with Gasteiger partial charge in [-0.25, -0.2) is 9.78 Å². The van der Waals surface area contributed by atoms with Crippen LogP contribution in [0.5, 0.6) is 0 Å². The summed E-state index contributed by atoms with van der Waals surface area (Å²) in [6.07, 6.45) is 0. The van der Waals surface area contributed by atoms with Gasteiger partial charge in [0.05, 0.1) is 7.11 Å². The third-order valence-corrected chi connectivity index (χ3v) is 5.90. The quantitative estimate of drug-likeness (QED) is 0.140. The van der Waals surface area contributed by atoms with Crippen LogP contribution in [0.15, 0.2) is 102 Å². The molecule has 2 N–H and O–H groups in total. The molecule has 0 spiro atoms. The van der Waals surface area contributed by atoms with E-state index >= 15 is 0 Å². The second-order valence-electron chi connectivity index (χ2n) is 6.95. The van der Waals surface area contributed by atoms with Gasteiger partial charge in [0.2, 0.25) is 5.71 Å². The Bertz CT molecular complexity index is 1110. The number of methoxy groups -OCH3 is 1. The van der Waals surface area contributed by atoms with Crippen molar-refractivity contribution in [3.8, 4) is 0 Å². The monoisotopic (exact) mass is 443 g/mol. The number of carbonyl (C=O) groups excluding carboxylic acids is 1. The fourth-order valence-corrected chi connectivity index (χ4v) is 4.43. The number of ether oxygens (including phenoxy) is 1. The Morgan fingerprint density at radius 3 is 1.78 bits per heavy atom. The van der Waals surface area contributed by atoms with Gasteiger partial charge in [-0.3, -0.25) is 0 Å². The fraction of sp³-hybridized carbons (Fsp3) is 0.0800. The summed E-state index contributed by atoms with van der Waals surface area (Å²) in [5.41, 5.74) is 2.31. The highest BCUT2D eigenvalue weighted by Crippen LogP contribution is 2.40. The highest BCUT2D eigenvalue weighted by Gasteiger charge is 2.37. The number of thiazole rings is 1. The zero-order chi connectivity index (χ0) is 22.4. The molecule has 0 atom stereocenters. The van der Waals surface area contributed by atoms with Crippen LogP contribution in [0, 0.1) is 0 Å². The van der Waals surface area contributed by atoms with Crippen molar-refractivity contribution in [3.05, 3.63) is 119 Å². The molecule has 0 fully saturated rings. The average molecular weight is 444 g/mol. The van der Waals surface area contributed by atoms with E-state index in [4.69, 9.17) is 4.74 Å². The van der Waals surface area contributed by atoms with Crippen molar-refractivity contribution >= 4 is 28.1 Å². The summed E-state index contributed by atoms with van der Waals surface area (Å²) in [5.74, 6) is -0.759. The number of nitrogens with one attached hydrogen (secondary N) is 1. The summed E-state index contributed by atoms with van der Waals surface area (Å²) in [6.45, 7) is 0. The molecule has 0 saturated heterocycles. The van der Waals surface area contributed by atoms with Crippen molar-refractivity contribution in [2.24, 2.45) is 5.16 Å². The summed E-state index contributed by atoms with van der Waals surface area (Å²) in [6, 6.07) is 30.3. The van der Waals surface area contributed by atoms with Gasteiger partial charge in [0.15, 0.2) is 5.13 Å². The topological polar surface area (TPSA) is 83.8 Å². The van der Waals surface area contributed by atoms with E-state index in [0.29, 0.717) is 5.13 Å². The number of esters is 1. The predicted octanol–water partition coefficient (Wildman–Crippen LogP) is 4.90. The summed E-state index contributed by atoms with van der Waals surface area (Å²) in [5, 5.41) is 18.2. The lowest BCUT2D eigenvalue weighted by atomic mass is 9.77. The molecule has 0 aliphatic carbocycles.